The summed E-state index contributed by atoms with van der Waals surface area (Å²) < 4.78 is 0. The molecule has 4 heteroatoms. The van der Waals surface area contributed by atoms with Gasteiger partial charge in [-0.3, -0.25) is 16.0 Å². The van der Waals surface area contributed by atoms with Gasteiger partial charge in [0.2, 0.25) is 0 Å². The van der Waals surface area contributed by atoms with E-state index in [-0.39, 0.29) is 6.29 Å². The molecule has 0 rings (SSSR count). The van der Waals surface area contributed by atoms with Gasteiger partial charge in [-0.1, -0.05) is 0 Å². The Bertz CT molecular complexity index is 92.7. The molecule has 0 aromatic heterocycles. The predicted molar refractivity (Wildman–Crippen MR) is 30.4 cm³/mol. The molecule has 0 aliphatic rings. The molecule has 0 heterocycles. The van der Waals surface area contributed by atoms with Crippen LogP contribution in [0.15, 0.2) is 0 Å². The molecule has 46 valence electrons. The molecule has 3 N–H and O–H groups in total. The summed E-state index contributed by atoms with van der Waals surface area (Å²) in [7, 11) is 3.57. The van der Waals surface area contributed by atoms with Crippen molar-refractivity contribution in [3.63, 3.8) is 0 Å². The van der Waals surface area contributed by atoms with E-state index in [9.17, 15) is 0 Å². The van der Waals surface area contributed by atoms with Crippen LogP contribution in [0.3, 0.4) is 0 Å². The van der Waals surface area contributed by atoms with Crippen LogP contribution in [0.2, 0.25) is 0 Å². The number of hydrogen-bond donors (Lipinski definition) is 2. The molecule has 0 aromatic carbocycles. The molecular formula is C4H10N4. The zero-order valence-electron chi connectivity index (χ0n) is 5.05. The Hall–Kier alpha value is -0.790. The summed E-state index contributed by atoms with van der Waals surface area (Å²) in [6, 6.07) is 0. The standard InChI is InChI=1S/C4H10N4/c1-8(2)4(6)7-3-5/h4,7H,6H2,1-2H3. The minimum atomic E-state index is -0.361. The van der Waals surface area contributed by atoms with Crippen LogP contribution in [-0.4, -0.2) is 25.3 Å². The second kappa shape index (κ2) is 3.24. The van der Waals surface area contributed by atoms with E-state index in [4.69, 9.17) is 11.0 Å². The van der Waals surface area contributed by atoms with Gasteiger partial charge in [0.15, 0.2) is 6.19 Å². The van der Waals surface area contributed by atoms with Crippen molar-refractivity contribution in [2.45, 2.75) is 6.29 Å². The number of nitrogens with two attached hydrogens (primary N) is 1. The summed E-state index contributed by atoms with van der Waals surface area (Å²) in [6.07, 6.45) is 1.37. The lowest BCUT2D eigenvalue weighted by molar-refractivity contribution is 0.278. The minimum Gasteiger partial charge on any atom is -0.298 e. The monoisotopic (exact) mass is 114 g/mol. The van der Waals surface area contributed by atoms with Gasteiger partial charge in [-0.05, 0) is 14.1 Å². The molecule has 1 atom stereocenters. The van der Waals surface area contributed by atoms with Crippen LogP contribution in [-0.2, 0) is 0 Å². The van der Waals surface area contributed by atoms with E-state index in [0.717, 1.165) is 0 Å². The highest BCUT2D eigenvalue weighted by Crippen LogP contribution is 1.72. The summed E-state index contributed by atoms with van der Waals surface area (Å²) >= 11 is 0. The third kappa shape index (κ3) is 2.39. The summed E-state index contributed by atoms with van der Waals surface area (Å²) in [5.41, 5.74) is 5.32. The Morgan fingerprint density at radius 3 is 2.38 bits per heavy atom. The Morgan fingerprint density at radius 2 is 2.25 bits per heavy atom. The fourth-order valence-corrected chi connectivity index (χ4v) is 0.195. The van der Waals surface area contributed by atoms with Crippen molar-refractivity contribution in [2.24, 2.45) is 5.73 Å². The summed E-state index contributed by atoms with van der Waals surface area (Å²) in [6.45, 7) is 0. The molecule has 0 bridgehead atoms. The number of hydrogen-bond acceptors (Lipinski definition) is 4. The maximum absolute atomic E-state index is 8.02. The molecule has 0 saturated heterocycles. The second-order valence-corrected chi connectivity index (χ2v) is 1.66. The molecule has 0 aliphatic carbocycles. The highest BCUT2D eigenvalue weighted by molar-refractivity contribution is 4.68. The topological polar surface area (TPSA) is 65.1 Å². The molecule has 0 fully saturated rings. The maximum atomic E-state index is 8.02. The number of rotatable bonds is 2. The molecule has 0 radical (unpaired) electrons. The molecule has 0 aliphatic heterocycles. The molecule has 0 spiro atoms. The largest absolute Gasteiger partial charge is 0.298 e. The van der Waals surface area contributed by atoms with E-state index in [1.807, 2.05) is 0 Å². The minimum absolute atomic E-state index is 0.361. The van der Waals surface area contributed by atoms with Gasteiger partial charge in [0.05, 0.1) is 0 Å². The second-order valence-electron chi connectivity index (χ2n) is 1.66. The van der Waals surface area contributed by atoms with Gasteiger partial charge in [0.25, 0.3) is 0 Å². The van der Waals surface area contributed by atoms with Gasteiger partial charge in [0, 0.05) is 0 Å². The van der Waals surface area contributed by atoms with Gasteiger partial charge in [0.1, 0.15) is 6.29 Å². The average molecular weight is 114 g/mol. The normalized spacial score (nSPS) is 12.9. The van der Waals surface area contributed by atoms with Crippen molar-refractivity contribution in [3.05, 3.63) is 0 Å². The van der Waals surface area contributed by atoms with Crippen LogP contribution in [0.1, 0.15) is 0 Å². The van der Waals surface area contributed by atoms with E-state index < -0.39 is 0 Å². The first-order valence-electron chi connectivity index (χ1n) is 2.25. The number of nitrogens with one attached hydrogen (secondary N) is 1. The average Bonchev–Trinajstić information content (AvgIpc) is 1.67. The smallest absolute Gasteiger partial charge is 0.178 e. The van der Waals surface area contributed by atoms with E-state index in [2.05, 4.69) is 5.32 Å². The molecule has 4 nitrogen and oxygen atoms in total. The lowest BCUT2D eigenvalue weighted by Crippen LogP contribution is -2.46. The molecule has 1 unspecified atom stereocenters. The van der Waals surface area contributed by atoms with Crippen LogP contribution in [0.25, 0.3) is 0 Å². The summed E-state index contributed by atoms with van der Waals surface area (Å²) in [4.78, 5) is 1.70. The lowest BCUT2D eigenvalue weighted by Gasteiger charge is -2.16. The first-order valence-corrected chi connectivity index (χ1v) is 2.25. The van der Waals surface area contributed by atoms with Crippen molar-refractivity contribution in [1.82, 2.24) is 10.2 Å². The quantitative estimate of drug-likeness (QED) is 0.270. The van der Waals surface area contributed by atoms with Crippen LogP contribution in [0, 0.1) is 11.5 Å². The zero-order chi connectivity index (χ0) is 6.57. The van der Waals surface area contributed by atoms with Gasteiger partial charge in [-0.25, -0.2) is 0 Å². The predicted octanol–water partition coefficient (Wildman–Crippen LogP) is -1.14. The Balaban J connectivity index is 3.35. The Morgan fingerprint density at radius 1 is 1.75 bits per heavy atom. The fourth-order valence-electron chi connectivity index (χ4n) is 0.195. The SMILES string of the molecule is CN(C)C(N)NC#N. The molecule has 0 amide bonds. The van der Waals surface area contributed by atoms with E-state index in [1.54, 1.807) is 25.2 Å². The number of nitrogens with zero attached hydrogens (tertiary/aromatic N) is 2. The summed E-state index contributed by atoms with van der Waals surface area (Å²) in [5.74, 6) is 0. The molecule has 0 saturated carbocycles. The van der Waals surface area contributed by atoms with E-state index in [1.165, 1.54) is 0 Å². The van der Waals surface area contributed by atoms with Crippen molar-refractivity contribution in [2.75, 3.05) is 14.1 Å². The van der Waals surface area contributed by atoms with Crippen molar-refractivity contribution < 1.29 is 0 Å². The van der Waals surface area contributed by atoms with E-state index in [0.29, 0.717) is 0 Å². The van der Waals surface area contributed by atoms with Gasteiger partial charge in [-0.15, -0.1) is 0 Å². The highest BCUT2D eigenvalue weighted by Gasteiger charge is 1.98. The van der Waals surface area contributed by atoms with Crippen molar-refractivity contribution in [1.29, 1.82) is 5.26 Å². The third-order valence-corrected chi connectivity index (χ3v) is 0.769. The fraction of sp³-hybridized carbons (Fsp3) is 0.750. The Kier molecular flexibility index (Phi) is 2.92. The van der Waals surface area contributed by atoms with Crippen LogP contribution >= 0.6 is 0 Å². The van der Waals surface area contributed by atoms with Crippen molar-refractivity contribution in [3.8, 4) is 6.19 Å². The van der Waals surface area contributed by atoms with Gasteiger partial charge < -0.3 is 0 Å². The van der Waals surface area contributed by atoms with Crippen LogP contribution in [0.5, 0.6) is 0 Å². The lowest BCUT2D eigenvalue weighted by atomic mass is 10.7. The summed E-state index contributed by atoms with van der Waals surface area (Å²) in [5, 5.41) is 10.4. The molecule has 8 heavy (non-hydrogen) atoms. The van der Waals surface area contributed by atoms with Crippen LogP contribution < -0.4 is 11.1 Å². The van der Waals surface area contributed by atoms with Gasteiger partial charge in [-0.2, -0.15) is 5.26 Å². The first kappa shape index (κ1) is 7.21. The van der Waals surface area contributed by atoms with Crippen molar-refractivity contribution >= 4 is 0 Å². The first-order chi connectivity index (χ1) is 3.68. The highest BCUT2D eigenvalue weighted by atomic mass is 15.3. The Labute approximate surface area is 48.9 Å². The van der Waals surface area contributed by atoms with Gasteiger partial charge >= 0.3 is 0 Å². The molecule has 0 aromatic rings. The maximum Gasteiger partial charge on any atom is 0.178 e. The van der Waals surface area contributed by atoms with E-state index >= 15 is 0 Å². The zero-order valence-corrected chi connectivity index (χ0v) is 5.05. The molecular weight excluding hydrogens is 104 g/mol. The number of nitriles is 1. The third-order valence-electron chi connectivity index (χ3n) is 0.769. The van der Waals surface area contributed by atoms with Crippen LogP contribution in [0.4, 0.5) is 0 Å².